The zero-order chi connectivity index (χ0) is 20.1. The van der Waals surface area contributed by atoms with Gasteiger partial charge in [-0.15, -0.1) is 0 Å². The van der Waals surface area contributed by atoms with E-state index in [9.17, 15) is 4.79 Å². The quantitative estimate of drug-likeness (QED) is 0.773. The molecule has 0 aliphatic carbocycles. The van der Waals surface area contributed by atoms with Gasteiger partial charge in [-0.05, 0) is 32.2 Å². The number of likely N-dealkylation sites (N-methyl/N-ethyl adjacent to an activating group) is 1. The zero-order valence-corrected chi connectivity index (χ0v) is 17.9. The van der Waals surface area contributed by atoms with Crippen LogP contribution < -0.4 is 9.80 Å². The average Bonchev–Trinajstić information content (AvgIpc) is 3.09. The van der Waals surface area contributed by atoms with E-state index in [-0.39, 0.29) is 5.92 Å². The maximum Gasteiger partial charge on any atom is 0.225 e. The van der Waals surface area contributed by atoms with E-state index in [1.54, 1.807) is 0 Å². The van der Waals surface area contributed by atoms with Crippen LogP contribution in [0.15, 0.2) is 12.4 Å². The first-order valence-corrected chi connectivity index (χ1v) is 11.6. The molecule has 0 unspecified atom stereocenters. The number of carbonyl (C=O) groups is 1. The second-order valence-corrected chi connectivity index (χ2v) is 8.66. The number of hydrogen-bond acceptors (Lipinski definition) is 6. The van der Waals surface area contributed by atoms with Gasteiger partial charge in [-0.2, -0.15) is 0 Å². The minimum Gasteiger partial charge on any atom is -0.369 e. The third kappa shape index (κ3) is 5.00. The van der Waals surface area contributed by atoms with E-state index in [4.69, 9.17) is 0 Å². The summed E-state index contributed by atoms with van der Waals surface area (Å²) in [7, 11) is 0. The summed E-state index contributed by atoms with van der Waals surface area (Å²) in [6.45, 7) is 11.2. The molecule has 3 fully saturated rings. The van der Waals surface area contributed by atoms with Gasteiger partial charge in [-0.1, -0.05) is 19.8 Å². The van der Waals surface area contributed by atoms with E-state index in [1.807, 2.05) is 12.4 Å². The predicted molar refractivity (Wildman–Crippen MR) is 116 cm³/mol. The fourth-order valence-corrected chi connectivity index (χ4v) is 4.84. The van der Waals surface area contributed by atoms with Crippen molar-refractivity contribution >= 4 is 17.5 Å². The van der Waals surface area contributed by atoms with Gasteiger partial charge in [-0.3, -0.25) is 4.79 Å². The molecule has 4 rings (SSSR count). The van der Waals surface area contributed by atoms with Crippen molar-refractivity contribution < 1.29 is 4.79 Å². The van der Waals surface area contributed by atoms with Gasteiger partial charge in [0.2, 0.25) is 11.9 Å². The lowest BCUT2D eigenvalue weighted by Crippen LogP contribution is -2.46. The molecule has 3 aliphatic heterocycles. The van der Waals surface area contributed by atoms with E-state index < -0.39 is 0 Å². The molecule has 0 radical (unpaired) electrons. The number of anilines is 2. The second kappa shape index (κ2) is 9.74. The van der Waals surface area contributed by atoms with Crippen LogP contribution in [0.3, 0.4) is 0 Å². The lowest BCUT2D eigenvalue weighted by Gasteiger charge is -2.36. The number of amides is 1. The number of piperidine rings is 1. The summed E-state index contributed by atoms with van der Waals surface area (Å²) in [5.74, 6) is 1.43. The predicted octanol–water partition coefficient (Wildman–Crippen LogP) is 2.24. The fraction of sp³-hybridized carbons (Fsp3) is 0.773. The Morgan fingerprint density at radius 1 is 0.862 bits per heavy atom. The summed E-state index contributed by atoms with van der Waals surface area (Å²) in [6, 6.07) is 0. The van der Waals surface area contributed by atoms with Crippen molar-refractivity contribution in [3.05, 3.63) is 12.4 Å². The van der Waals surface area contributed by atoms with E-state index in [0.29, 0.717) is 5.91 Å². The van der Waals surface area contributed by atoms with Crippen LogP contribution in [0.25, 0.3) is 0 Å². The molecule has 3 aliphatic rings. The van der Waals surface area contributed by atoms with Crippen LogP contribution in [0.2, 0.25) is 0 Å². The Balaban J connectivity index is 1.28. The molecule has 1 amide bonds. The average molecular weight is 401 g/mol. The van der Waals surface area contributed by atoms with Crippen molar-refractivity contribution in [1.29, 1.82) is 0 Å². The highest BCUT2D eigenvalue weighted by atomic mass is 16.2. The third-order valence-corrected chi connectivity index (χ3v) is 6.85. The number of likely N-dealkylation sites (tertiary alicyclic amines) is 1. The van der Waals surface area contributed by atoms with Crippen LogP contribution in [-0.4, -0.2) is 84.6 Å². The maximum absolute atomic E-state index is 12.9. The molecule has 0 spiro atoms. The summed E-state index contributed by atoms with van der Waals surface area (Å²) in [5.41, 5.74) is 1.08. The van der Waals surface area contributed by atoms with Crippen molar-refractivity contribution in [3.63, 3.8) is 0 Å². The molecule has 0 bridgehead atoms. The van der Waals surface area contributed by atoms with Crippen molar-refractivity contribution in [2.45, 2.75) is 45.4 Å². The monoisotopic (exact) mass is 400 g/mol. The molecular weight excluding hydrogens is 364 g/mol. The molecule has 7 nitrogen and oxygen atoms in total. The topological polar surface area (TPSA) is 55.8 Å². The Labute approximate surface area is 175 Å². The molecule has 1 aromatic heterocycles. The first-order valence-electron chi connectivity index (χ1n) is 11.6. The van der Waals surface area contributed by atoms with E-state index in [0.717, 1.165) is 83.4 Å². The summed E-state index contributed by atoms with van der Waals surface area (Å²) in [4.78, 5) is 31.4. The lowest BCUT2D eigenvalue weighted by atomic mass is 9.95. The maximum atomic E-state index is 12.9. The summed E-state index contributed by atoms with van der Waals surface area (Å²) >= 11 is 0. The Bertz CT molecular complexity index is 642. The Morgan fingerprint density at radius 3 is 2.07 bits per heavy atom. The van der Waals surface area contributed by atoms with E-state index in [2.05, 4.69) is 36.5 Å². The number of aromatic nitrogens is 2. The molecule has 29 heavy (non-hydrogen) atoms. The first-order chi connectivity index (χ1) is 14.2. The van der Waals surface area contributed by atoms with Crippen LogP contribution in [0, 0.1) is 5.92 Å². The Hall–Kier alpha value is -1.89. The number of rotatable bonds is 4. The fourth-order valence-electron chi connectivity index (χ4n) is 4.84. The summed E-state index contributed by atoms with van der Waals surface area (Å²) in [6.07, 6.45) is 10.7. The SMILES string of the molecule is CCN1CCN(c2ncc(N3CCC(C(=O)N4CCCCCC4)CC3)cn2)CC1. The van der Waals surface area contributed by atoms with Gasteiger partial charge < -0.3 is 19.6 Å². The third-order valence-electron chi connectivity index (χ3n) is 6.85. The van der Waals surface area contributed by atoms with Crippen LogP contribution in [0.4, 0.5) is 11.6 Å². The molecular formula is C22H36N6O. The van der Waals surface area contributed by atoms with Crippen molar-refractivity contribution in [3.8, 4) is 0 Å². The van der Waals surface area contributed by atoms with Crippen LogP contribution >= 0.6 is 0 Å². The van der Waals surface area contributed by atoms with Crippen LogP contribution in [0.5, 0.6) is 0 Å². The molecule has 0 aromatic carbocycles. The number of piperazine rings is 1. The number of nitrogens with zero attached hydrogens (tertiary/aromatic N) is 6. The standard InChI is InChI=1S/C22H36N6O/c1-2-25-13-15-28(16-14-25)22-23-17-20(18-24-22)26-11-7-19(8-12-26)21(29)27-9-5-3-4-6-10-27/h17-19H,2-16H2,1H3. The van der Waals surface area contributed by atoms with E-state index in [1.165, 1.54) is 25.7 Å². The molecule has 1 aromatic rings. The molecule has 160 valence electrons. The first kappa shape index (κ1) is 20.4. The van der Waals surface area contributed by atoms with Gasteiger partial charge in [0.1, 0.15) is 0 Å². The largest absolute Gasteiger partial charge is 0.369 e. The molecule has 4 heterocycles. The van der Waals surface area contributed by atoms with E-state index >= 15 is 0 Å². The molecule has 3 saturated heterocycles. The Kier molecular flexibility index (Phi) is 6.85. The van der Waals surface area contributed by atoms with Crippen LogP contribution in [-0.2, 0) is 4.79 Å². The second-order valence-electron chi connectivity index (χ2n) is 8.66. The molecule has 0 saturated carbocycles. The molecule has 0 N–H and O–H groups in total. The minimum atomic E-state index is 0.194. The highest BCUT2D eigenvalue weighted by Gasteiger charge is 2.29. The minimum absolute atomic E-state index is 0.194. The number of carbonyl (C=O) groups excluding carboxylic acids is 1. The summed E-state index contributed by atoms with van der Waals surface area (Å²) in [5, 5.41) is 0. The van der Waals surface area contributed by atoms with Gasteiger partial charge in [0.15, 0.2) is 0 Å². The highest BCUT2D eigenvalue weighted by molar-refractivity contribution is 5.79. The van der Waals surface area contributed by atoms with Crippen molar-refractivity contribution in [2.24, 2.45) is 5.92 Å². The Morgan fingerprint density at radius 2 is 1.48 bits per heavy atom. The molecule has 7 heteroatoms. The normalized spacial score (nSPS) is 22.6. The van der Waals surface area contributed by atoms with Crippen molar-refractivity contribution in [1.82, 2.24) is 19.8 Å². The van der Waals surface area contributed by atoms with Gasteiger partial charge in [0, 0.05) is 58.3 Å². The number of hydrogen-bond donors (Lipinski definition) is 0. The lowest BCUT2D eigenvalue weighted by molar-refractivity contribution is -0.136. The van der Waals surface area contributed by atoms with Crippen LogP contribution in [0.1, 0.15) is 45.4 Å². The van der Waals surface area contributed by atoms with Crippen molar-refractivity contribution in [2.75, 3.05) is 68.7 Å². The van der Waals surface area contributed by atoms with Gasteiger partial charge in [-0.25, -0.2) is 9.97 Å². The van der Waals surface area contributed by atoms with Gasteiger partial charge >= 0.3 is 0 Å². The summed E-state index contributed by atoms with van der Waals surface area (Å²) < 4.78 is 0. The molecule has 0 atom stereocenters. The zero-order valence-electron chi connectivity index (χ0n) is 17.9. The smallest absolute Gasteiger partial charge is 0.225 e. The van der Waals surface area contributed by atoms with Gasteiger partial charge in [0.05, 0.1) is 18.1 Å². The van der Waals surface area contributed by atoms with Gasteiger partial charge in [0.25, 0.3) is 0 Å². The highest BCUT2D eigenvalue weighted by Crippen LogP contribution is 2.25.